The van der Waals surface area contributed by atoms with Gasteiger partial charge in [0.1, 0.15) is 0 Å². The van der Waals surface area contributed by atoms with E-state index in [0.717, 1.165) is 57.2 Å². The van der Waals surface area contributed by atoms with Crippen molar-refractivity contribution in [2.24, 2.45) is 11.8 Å². The fourth-order valence-corrected chi connectivity index (χ4v) is 7.54. The average Bonchev–Trinajstić information content (AvgIpc) is 3.70. The van der Waals surface area contributed by atoms with E-state index in [1.165, 1.54) is 5.56 Å². The largest absolute Gasteiger partial charge is 0.481 e. The maximum atomic E-state index is 13.4. The Morgan fingerprint density at radius 1 is 1.00 bits per heavy atom. The summed E-state index contributed by atoms with van der Waals surface area (Å²) in [6, 6.07) is -0.487. The minimum Gasteiger partial charge on any atom is -0.481 e. The van der Waals surface area contributed by atoms with Crippen molar-refractivity contribution in [2.45, 2.75) is 91.6 Å². The molecule has 1 unspecified atom stereocenters. The third-order valence-corrected chi connectivity index (χ3v) is 10.0. The summed E-state index contributed by atoms with van der Waals surface area (Å²) >= 11 is 0. The fraction of sp³-hybridized carbons (Fsp3) is 0.471. The van der Waals surface area contributed by atoms with Crippen molar-refractivity contribution in [2.75, 3.05) is 0 Å². The summed E-state index contributed by atoms with van der Waals surface area (Å²) < 4.78 is 0. The highest BCUT2D eigenvalue weighted by atomic mass is 16.4. The van der Waals surface area contributed by atoms with Crippen LogP contribution < -0.4 is 10.6 Å². The van der Waals surface area contributed by atoms with Crippen LogP contribution in [0.3, 0.4) is 0 Å². The van der Waals surface area contributed by atoms with Crippen LogP contribution in [0.15, 0.2) is 29.5 Å². The van der Waals surface area contributed by atoms with Gasteiger partial charge in [0, 0.05) is 77.1 Å². The molecule has 2 aliphatic heterocycles. The van der Waals surface area contributed by atoms with Crippen molar-refractivity contribution in [3.05, 3.63) is 74.5 Å². The summed E-state index contributed by atoms with van der Waals surface area (Å²) in [6.45, 7) is 13.8. The maximum Gasteiger partial charge on any atom is 0.305 e. The normalized spacial score (nSPS) is 24.6. The summed E-state index contributed by atoms with van der Waals surface area (Å²) in [7, 11) is 0. The van der Waals surface area contributed by atoms with Gasteiger partial charge in [0.15, 0.2) is 5.78 Å². The topological polar surface area (TPSA) is 164 Å². The lowest BCUT2D eigenvalue weighted by Crippen LogP contribution is -2.30. The van der Waals surface area contributed by atoms with Gasteiger partial charge in [-0.05, 0) is 61.8 Å². The number of Topliss-reactive ketones (excluding diaryl/α,β-unsaturated/α-hetero) is 1. The van der Waals surface area contributed by atoms with Gasteiger partial charge < -0.3 is 30.8 Å². The fourth-order valence-electron chi connectivity index (χ4n) is 7.54. The van der Waals surface area contributed by atoms with Gasteiger partial charge in [-0.2, -0.15) is 0 Å². The summed E-state index contributed by atoms with van der Waals surface area (Å²) in [5, 5.41) is 25.3. The number of carboxylic acid groups (broad SMARTS) is 2. The second-order valence-electron chi connectivity index (χ2n) is 12.4. The van der Waals surface area contributed by atoms with Crippen LogP contribution in [0.4, 0.5) is 0 Å². The lowest BCUT2D eigenvalue weighted by Gasteiger charge is -2.18. The highest BCUT2D eigenvalue weighted by Gasteiger charge is 2.42. The number of rotatable bonds is 11. The van der Waals surface area contributed by atoms with Gasteiger partial charge in [-0.1, -0.05) is 26.5 Å². The van der Waals surface area contributed by atoms with Crippen LogP contribution >= 0.6 is 0 Å². The van der Waals surface area contributed by atoms with E-state index in [1.807, 2.05) is 20.8 Å². The van der Waals surface area contributed by atoms with Crippen molar-refractivity contribution in [3.8, 4) is 0 Å². The molecule has 1 saturated heterocycles. The molecule has 0 aromatic carbocycles. The summed E-state index contributed by atoms with van der Waals surface area (Å²) in [4.78, 5) is 55.9. The van der Waals surface area contributed by atoms with Gasteiger partial charge in [-0.25, -0.2) is 0 Å². The van der Waals surface area contributed by atoms with E-state index in [9.17, 15) is 29.4 Å². The van der Waals surface area contributed by atoms with Crippen molar-refractivity contribution in [3.63, 3.8) is 0 Å². The van der Waals surface area contributed by atoms with Crippen molar-refractivity contribution < 1.29 is 29.4 Å². The molecular formula is C34H42N4O6. The zero-order valence-electron chi connectivity index (χ0n) is 26.1. The molecule has 0 spiro atoms. The Labute approximate surface area is 257 Å². The first-order chi connectivity index (χ1) is 20.9. The number of aliphatic carboxylic acids is 2. The molecule has 4 atom stereocenters. The standard InChI is InChI=1S/C34H42N4O6/c1-7-19-15(3)23(12-27-20(8-2)17(5)34(44)38-27)35-26(19)13-24-18(6)31-28(39)11-22(33(31)37-24)32-21(9-10-29(40)41)16(4)25(36-32)14-30(42)43/h8,16,21,25,27,35-37H,2,7,9-14H2,1,3-6H3,(H,38,44)(H,40,41)(H,42,43)/b32-22-/t16-,21-,25+,27?/m0/s1. The number of ketones is 1. The Balaban J connectivity index is 1.48. The van der Waals surface area contributed by atoms with Crippen LogP contribution in [-0.2, 0) is 33.6 Å². The molecule has 10 heteroatoms. The summed E-state index contributed by atoms with van der Waals surface area (Å²) in [6.07, 6.45) is 4.20. The number of fused-ring (bicyclic) bond motifs is 1. The second kappa shape index (κ2) is 12.0. The Morgan fingerprint density at radius 3 is 2.36 bits per heavy atom. The molecule has 6 N–H and O–H groups in total. The Kier molecular flexibility index (Phi) is 8.46. The molecule has 0 saturated carbocycles. The van der Waals surface area contributed by atoms with Crippen LogP contribution in [0, 0.1) is 25.7 Å². The number of nitrogens with one attached hydrogen (secondary N) is 4. The third kappa shape index (κ3) is 5.42. The van der Waals surface area contributed by atoms with E-state index in [1.54, 1.807) is 6.08 Å². The third-order valence-electron chi connectivity index (χ3n) is 10.0. The lowest BCUT2D eigenvalue weighted by molar-refractivity contribution is -0.138. The van der Waals surface area contributed by atoms with Crippen molar-refractivity contribution in [1.29, 1.82) is 0 Å². The average molecular weight is 603 g/mol. The number of allylic oxidation sites excluding steroid dienone is 2. The zero-order valence-corrected chi connectivity index (χ0v) is 26.1. The molecule has 1 aliphatic carbocycles. The lowest BCUT2D eigenvalue weighted by atomic mass is 9.84. The van der Waals surface area contributed by atoms with E-state index < -0.39 is 11.9 Å². The first-order valence-corrected chi connectivity index (χ1v) is 15.4. The number of hydrogen-bond acceptors (Lipinski definition) is 5. The first kappa shape index (κ1) is 31.1. The summed E-state index contributed by atoms with van der Waals surface area (Å²) in [5.41, 5.74) is 10.9. The van der Waals surface area contributed by atoms with Crippen LogP contribution in [0.1, 0.15) is 96.3 Å². The number of aromatic nitrogens is 2. The molecule has 0 bridgehead atoms. The molecule has 2 aromatic heterocycles. The van der Waals surface area contributed by atoms with E-state index in [4.69, 9.17) is 0 Å². The molecule has 0 radical (unpaired) electrons. The molecule has 2 aromatic rings. The molecule has 5 rings (SSSR count). The molecule has 10 nitrogen and oxygen atoms in total. The highest BCUT2D eigenvalue weighted by Crippen LogP contribution is 2.44. The van der Waals surface area contributed by atoms with Gasteiger partial charge in [0.2, 0.25) is 5.91 Å². The number of aromatic amines is 2. The van der Waals surface area contributed by atoms with E-state index in [0.29, 0.717) is 30.4 Å². The number of H-pyrrole nitrogens is 2. The van der Waals surface area contributed by atoms with Gasteiger partial charge >= 0.3 is 11.9 Å². The zero-order chi connectivity index (χ0) is 32.0. The molecule has 1 amide bonds. The number of carboxylic acids is 2. The van der Waals surface area contributed by atoms with Crippen LogP contribution in [0.2, 0.25) is 0 Å². The van der Waals surface area contributed by atoms with Gasteiger partial charge in [-0.3, -0.25) is 19.2 Å². The predicted molar refractivity (Wildman–Crippen MR) is 166 cm³/mol. The Morgan fingerprint density at radius 2 is 1.73 bits per heavy atom. The quantitative estimate of drug-likeness (QED) is 0.220. The van der Waals surface area contributed by atoms with Gasteiger partial charge in [-0.15, -0.1) is 0 Å². The SMILES string of the molecule is C=CC1=C(C)C(=O)NC1Cc1[nH]c(Cc2[nH]c3c(c2C)C(=O)C/C3=C2/N[C@H](CC(=O)O)[C@@H](C)[C@@H]2CCC(=O)O)c(CC)c1C. The van der Waals surface area contributed by atoms with E-state index >= 15 is 0 Å². The second-order valence-corrected chi connectivity index (χ2v) is 12.4. The van der Waals surface area contributed by atoms with Crippen LogP contribution in [0.25, 0.3) is 5.57 Å². The van der Waals surface area contributed by atoms with E-state index in [2.05, 4.69) is 41.0 Å². The number of carbonyl (C=O) groups is 4. The Bertz CT molecular complexity index is 1640. The number of carbonyl (C=O) groups excluding carboxylic acids is 2. The molecular weight excluding hydrogens is 560 g/mol. The minimum atomic E-state index is -0.923. The van der Waals surface area contributed by atoms with Gasteiger partial charge in [0.05, 0.1) is 18.2 Å². The molecule has 234 valence electrons. The smallest absolute Gasteiger partial charge is 0.305 e. The predicted octanol–water partition coefficient (Wildman–Crippen LogP) is 4.52. The van der Waals surface area contributed by atoms with Crippen molar-refractivity contribution in [1.82, 2.24) is 20.6 Å². The molecule has 4 heterocycles. The highest BCUT2D eigenvalue weighted by molar-refractivity contribution is 6.13. The maximum absolute atomic E-state index is 13.4. The minimum absolute atomic E-state index is 0.00535. The first-order valence-electron chi connectivity index (χ1n) is 15.4. The molecule has 44 heavy (non-hydrogen) atoms. The molecule has 3 aliphatic rings. The van der Waals surface area contributed by atoms with Crippen molar-refractivity contribution >= 4 is 29.2 Å². The number of amides is 1. The van der Waals surface area contributed by atoms with Crippen LogP contribution in [0.5, 0.6) is 0 Å². The summed E-state index contributed by atoms with van der Waals surface area (Å²) in [5.74, 6) is -2.18. The molecule has 1 fully saturated rings. The van der Waals surface area contributed by atoms with E-state index in [-0.39, 0.29) is 54.9 Å². The van der Waals surface area contributed by atoms with Crippen LogP contribution in [-0.4, -0.2) is 55.9 Å². The monoisotopic (exact) mass is 602 g/mol. The van der Waals surface area contributed by atoms with Gasteiger partial charge in [0.25, 0.3) is 0 Å². The number of hydrogen-bond donors (Lipinski definition) is 6. The Hall–Kier alpha value is -4.34.